The third-order valence-corrected chi connectivity index (χ3v) is 3.72. The van der Waals surface area contributed by atoms with Crippen LogP contribution in [0.1, 0.15) is 24.1 Å². The molecule has 3 N–H and O–H groups in total. The fourth-order valence-corrected chi connectivity index (χ4v) is 2.66. The van der Waals surface area contributed by atoms with Gasteiger partial charge in [-0.1, -0.05) is 42.3 Å². The van der Waals surface area contributed by atoms with Gasteiger partial charge < -0.3 is 11.1 Å². The van der Waals surface area contributed by atoms with Crippen molar-refractivity contribution in [3.63, 3.8) is 0 Å². The maximum atomic E-state index is 6.24. The van der Waals surface area contributed by atoms with Crippen LogP contribution in [0.15, 0.2) is 36.5 Å². The van der Waals surface area contributed by atoms with E-state index in [2.05, 4.69) is 17.2 Å². The van der Waals surface area contributed by atoms with Gasteiger partial charge in [-0.3, -0.25) is 0 Å². The van der Waals surface area contributed by atoms with Crippen molar-refractivity contribution in [3.8, 4) is 0 Å². The molecule has 2 aromatic rings. The Morgan fingerprint density at radius 3 is 2.75 bits per heavy atom. The van der Waals surface area contributed by atoms with Gasteiger partial charge in [-0.05, 0) is 36.7 Å². The van der Waals surface area contributed by atoms with Crippen LogP contribution in [0.25, 0.3) is 0 Å². The largest absolute Gasteiger partial charge is 0.383 e. The highest BCUT2D eigenvalue weighted by Gasteiger charge is 2.16. The molecule has 0 aliphatic rings. The third kappa shape index (κ3) is 3.63. The van der Waals surface area contributed by atoms with E-state index in [1.807, 2.05) is 24.3 Å². The molecule has 3 nitrogen and oxygen atoms in total. The van der Waals surface area contributed by atoms with Crippen LogP contribution in [-0.2, 0) is 6.42 Å². The summed E-state index contributed by atoms with van der Waals surface area (Å²) in [4.78, 5) is 4.14. The molecule has 0 spiro atoms. The molecule has 1 aromatic heterocycles. The molecule has 20 heavy (non-hydrogen) atoms. The van der Waals surface area contributed by atoms with Crippen molar-refractivity contribution >= 4 is 29.0 Å². The molecule has 1 atom stereocenters. The maximum absolute atomic E-state index is 6.24. The van der Waals surface area contributed by atoms with E-state index in [1.165, 1.54) is 0 Å². The number of nitrogens with two attached hydrogens (primary N) is 1. The fraction of sp³-hybridized carbons (Fsp3) is 0.267. The monoisotopic (exact) mass is 309 g/mol. The summed E-state index contributed by atoms with van der Waals surface area (Å²) in [5, 5.41) is 4.73. The number of pyridine rings is 1. The lowest BCUT2D eigenvalue weighted by Crippen LogP contribution is -2.24. The summed E-state index contributed by atoms with van der Waals surface area (Å²) >= 11 is 12.2. The molecule has 2 rings (SSSR count). The van der Waals surface area contributed by atoms with Gasteiger partial charge >= 0.3 is 0 Å². The lowest BCUT2D eigenvalue weighted by molar-refractivity contribution is 0.550. The standard InChI is InChI=1S/C15H17Cl2N3/c1-2-19-14(12-4-3-7-20-15(12)18)8-10-5-6-11(16)9-13(10)17/h3-7,9,14,19H,2,8H2,1H3,(H2,18,20). The lowest BCUT2D eigenvalue weighted by Gasteiger charge is -2.20. The van der Waals surface area contributed by atoms with Crippen molar-refractivity contribution in [2.24, 2.45) is 0 Å². The summed E-state index contributed by atoms with van der Waals surface area (Å²) in [7, 11) is 0. The Balaban J connectivity index is 2.28. The Kier molecular flexibility index (Phi) is 5.24. The van der Waals surface area contributed by atoms with Crippen molar-refractivity contribution in [2.75, 3.05) is 12.3 Å². The van der Waals surface area contributed by atoms with Gasteiger partial charge in [0.1, 0.15) is 5.82 Å². The number of hydrogen-bond acceptors (Lipinski definition) is 3. The molecule has 1 heterocycles. The molecule has 1 aromatic carbocycles. The molecule has 106 valence electrons. The van der Waals surface area contributed by atoms with Crippen molar-refractivity contribution in [3.05, 3.63) is 57.7 Å². The molecule has 0 radical (unpaired) electrons. The van der Waals surface area contributed by atoms with Crippen LogP contribution in [-0.4, -0.2) is 11.5 Å². The number of nitrogens with zero attached hydrogens (tertiary/aromatic N) is 1. The van der Waals surface area contributed by atoms with Gasteiger partial charge in [-0.15, -0.1) is 0 Å². The Labute approximate surface area is 129 Å². The molecule has 0 bridgehead atoms. The second-order valence-electron chi connectivity index (χ2n) is 4.53. The van der Waals surface area contributed by atoms with Crippen molar-refractivity contribution in [1.29, 1.82) is 0 Å². The molecular formula is C15H17Cl2N3. The van der Waals surface area contributed by atoms with Gasteiger partial charge in [0.05, 0.1) is 0 Å². The van der Waals surface area contributed by atoms with E-state index in [9.17, 15) is 0 Å². The number of nitrogen functional groups attached to an aromatic ring is 1. The zero-order chi connectivity index (χ0) is 14.5. The van der Waals surface area contributed by atoms with Gasteiger partial charge in [0.2, 0.25) is 0 Å². The van der Waals surface area contributed by atoms with E-state index in [-0.39, 0.29) is 6.04 Å². The van der Waals surface area contributed by atoms with E-state index in [0.717, 1.165) is 24.1 Å². The first-order valence-electron chi connectivity index (χ1n) is 6.49. The van der Waals surface area contributed by atoms with Crippen molar-refractivity contribution < 1.29 is 0 Å². The van der Waals surface area contributed by atoms with E-state index in [0.29, 0.717) is 15.9 Å². The number of benzene rings is 1. The molecule has 0 saturated carbocycles. The SMILES string of the molecule is CCNC(Cc1ccc(Cl)cc1Cl)c1cccnc1N. The predicted octanol–water partition coefficient (Wildman–Crippen LogP) is 3.86. The van der Waals surface area contributed by atoms with Gasteiger partial charge in [-0.2, -0.15) is 0 Å². The van der Waals surface area contributed by atoms with Crippen LogP contribution in [0.2, 0.25) is 10.0 Å². The first-order valence-corrected chi connectivity index (χ1v) is 7.25. The van der Waals surface area contributed by atoms with Gasteiger partial charge in [0.25, 0.3) is 0 Å². The lowest BCUT2D eigenvalue weighted by atomic mass is 9.99. The van der Waals surface area contributed by atoms with Crippen LogP contribution in [0.3, 0.4) is 0 Å². The molecule has 5 heteroatoms. The number of likely N-dealkylation sites (N-methyl/N-ethyl adjacent to an activating group) is 1. The first kappa shape index (κ1) is 15.1. The van der Waals surface area contributed by atoms with Gasteiger partial charge in [-0.25, -0.2) is 4.98 Å². The highest BCUT2D eigenvalue weighted by Crippen LogP contribution is 2.27. The summed E-state index contributed by atoms with van der Waals surface area (Å²) in [5.41, 5.74) is 7.98. The van der Waals surface area contributed by atoms with E-state index in [1.54, 1.807) is 12.3 Å². The highest BCUT2D eigenvalue weighted by molar-refractivity contribution is 6.35. The van der Waals surface area contributed by atoms with Crippen LogP contribution in [0, 0.1) is 0 Å². The predicted molar refractivity (Wildman–Crippen MR) is 85.2 cm³/mol. The molecular weight excluding hydrogens is 293 g/mol. The number of rotatable bonds is 5. The fourth-order valence-electron chi connectivity index (χ4n) is 2.17. The Morgan fingerprint density at radius 1 is 1.30 bits per heavy atom. The van der Waals surface area contributed by atoms with Crippen molar-refractivity contribution in [1.82, 2.24) is 10.3 Å². The maximum Gasteiger partial charge on any atom is 0.128 e. The zero-order valence-corrected chi connectivity index (χ0v) is 12.7. The van der Waals surface area contributed by atoms with Crippen LogP contribution < -0.4 is 11.1 Å². The third-order valence-electron chi connectivity index (χ3n) is 3.14. The Morgan fingerprint density at radius 2 is 2.10 bits per heavy atom. The minimum Gasteiger partial charge on any atom is -0.383 e. The molecule has 0 amide bonds. The molecule has 0 aliphatic heterocycles. The summed E-state index contributed by atoms with van der Waals surface area (Å²) in [6.45, 7) is 2.90. The van der Waals surface area contributed by atoms with Gasteiger partial charge in [0.15, 0.2) is 0 Å². The quantitative estimate of drug-likeness (QED) is 0.881. The average Bonchev–Trinajstić information content (AvgIpc) is 2.42. The zero-order valence-electron chi connectivity index (χ0n) is 11.2. The number of nitrogens with one attached hydrogen (secondary N) is 1. The summed E-state index contributed by atoms with van der Waals surface area (Å²) in [6, 6.07) is 9.50. The Bertz CT molecular complexity index is 587. The van der Waals surface area contributed by atoms with E-state index < -0.39 is 0 Å². The number of hydrogen-bond donors (Lipinski definition) is 2. The minimum absolute atomic E-state index is 0.0763. The first-order chi connectivity index (χ1) is 9.61. The molecule has 1 unspecified atom stereocenters. The number of halogens is 2. The summed E-state index contributed by atoms with van der Waals surface area (Å²) in [5.74, 6) is 0.545. The van der Waals surface area contributed by atoms with Crippen LogP contribution in [0.4, 0.5) is 5.82 Å². The average molecular weight is 310 g/mol. The highest BCUT2D eigenvalue weighted by atomic mass is 35.5. The van der Waals surface area contributed by atoms with Crippen LogP contribution >= 0.6 is 23.2 Å². The molecule has 0 saturated heterocycles. The second-order valence-corrected chi connectivity index (χ2v) is 5.37. The summed E-state index contributed by atoms with van der Waals surface area (Å²) in [6.07, 6.45) is 2.43. The summed E-state index contributed by atoms with van der Waals surface area (Å²) < 4.78 is 0. The van der Waals surface area contributed by atoms with E-state index in [4.69, 9.17) is 28.9 Å². The second kappa shape index (κ2) is 6.93. The van der Waals surface area contributed by atoms with E-state index >= 15 is 0 Å². The molecule has 0 aliphatic carbocycles. The topological polar surface area (TPSA) is 50.9 Å². The smallest absolute Gasteiger partial charge is 0.128 e. The van der Waals surface area contributed by atoms with Crippen molar-refractivity contribution in [2.45, 2.75) is 19.4 Å². The minimum atomic E-state index is 0.0763. The molecule has 0 fully saturated rings. The van der Waals surface area contributed by atoms with Gasteiger partial charge in [0, 0.05) is 27.8 Å². The van der Waals surface area contributed by atoms with Crippen LogP contribution in [0.5, 0.6) is 0 Å². The Hall–Kier alpha value is -1.29. The normalized spacial score (nSPS) is 12.3. The number of anilines is 1. The number of aromatic nitrogens is 1.